The summed E-state index contributed by atoms with van der Waals surface area (Å²) in [6.07, 6.45) is 4.92. The van der Waals surface area contributed by atoms with E-state index in [1.807, 2.05) is 0 Å². The average molecular weight is 268 g/mol. The number of hydrogen-bond acceptors (Lipinski definition) is 3. The largest absolute Gasteiger partial charge is 0.392 e. The van der Waals surface area contributed by atoms with E-state index in [2.05, 4.69) is 37.6 Å². The zero-order valence-electron chi connectivity index (χ0n) is 13.2. The molecule has 1 heterocycles. The molecule has 112 valence electrons. The van der Waals surface area contributed by atoms with E-state index in [0.29, 0.717) is 5.92 Å². The first kappa shape index (κ1) is 15.3. The van der Waals surface area contributed by atoms with Crippen molar-refractivity contribution >= 4 is 0 Å². The second-order valence-corrected chi connectivity index (χ2v) is 7.38. The van der Waals surface area contributed by atoms with E-state index in [9.17, 15) is 5.11 Å². The second kappa shape index (κ2) is 6.11. The smallest absolute Gasteiger partial charge is 0.0631 e. The molecule has 0 radical (unpaired) electrons. The van der Waals surface area contributed by atoms with Crippen molar-refractivity contribution in [3.63, 3.8) is 0 Å². The molecule has 1 N–H and O–H groups in total. The van der Waals surface area contributed by atoms with Gasteiger partial charge in [0.15, 0.2) is 0 Å². The molecule has 0 bridgehead atoms. The van der Waals surface area contributed by atoms with E-state index in [0.717, 1.165) is 25.6 Å². The molecule has 2 fully saturated rings. The average Bonchev–Trinajstić information content (AvgIpc) is 2.89. The fraction of sp³-hybridized carbons (Fsp3) is 1.00. The normalized spacial score (nSPS) is 35.4. The standard InChI is InChI=1S/C16H32N2O/c1-5-18-10-6-7-14(18)12-17(4)11-13-8-9-16(2,3)15(13)19/h13-15,19H,5-12H2,1-4H3. The highest BCUT2D eigenvalue weighted by Crippen LogP contribution is 2.41. The van der Waals surface area contributed by atoms with Crippen molar-refractivity contribution in [1.29, 1.82) is 0 Å². The Balaban J connectivity index is 1.80. The first-order valence-corrected chi connectivity index (χ1v) is 8.04. The maximum absolute atomic E-state index is 10.4. The van der Waals surface area contributed by atoms with Crippen LogP contribution in [0.3, 0.4) is 0 Å². The van der Waals surface area contributed by atoms with Crippen LogP contribution in [0.5, 0.6) is 0 Å². The van der Waals surface area contributed by atoms with Crippen LogP contribution in [0.15, 0.2) is 0 Å². The molecule has 2 rings (SSSR count). The fourth-order valence-electron chi connectivity index (χ4n) is 4.05. The number of likely N-dealkylation sites (tertiary alicyclic amines) is 1. The molecule has 0 aromatic carbocycles. The van der Waals surface area contributed by atoms with Crippen molar-refractivity contribution in [3.05, 3.63) is 0 Å². The highest BCUT2D eigenvalue weighted by atomic mass is 16.3. The first-order valence-electron chi connectivity index (χ1n) is 8.04. The van der Waals surface area contributed by atoms with Gasteiger partial charge in [-0.3, -0.25) is 4.90 Å². The molecule has 3 heteroatoms. The predicted octanol–water partition coefficient (Wildman–Crippen LogP) is 2.20. The molecule has 19 heavy (non-hydrogen) atoms. The van der Waals surface area contributed by atoms with Gasteiger partial charge >= 0.3 is 0 Å². The summed E-state index contributed by atoms with van der Waals surface area (Å²) in [6.45, 7) is 11.3. The first-order chi connectivity index (χ1) is 8.94. The Bertz CT molecular complexity index is 292. The Hall–Kier alpha value is -0.120. The van der Waals surface area contributed by atoms with Gasteiger partial charge in [-0.25, -0.2) is 0 Å². The van der Waals surface area contributed by atoms with Crippen molar-refractivity contribution in [2.75, 3.05) is 33.2 Å². The van der Waals surface area contributed by atoms with Gasteiger partial charge in [-0.05, 0) is 57.2 Å². The predicted molar refractivity (Wildman–Crippen MR) is 80.3 cm³/mol. The van der Waals surface area contributed by atoms with Gasteiger partial charge in [-0.1, -0.05) is 20.8 Å². The lowest BCUT2D eigenvalue weighted by Crippen LogP contribution is -2.42. The van der Waals surface area contributed by atoms with Gasteiger partial charge in [0.05, 0.1) is 6.10 Å². The molecule has 1 saturated carbocycles. The molecule has 1 saturated heterocycles. The van der Waals surface area contributed by atoms with Crippen molar-refractivity contribution in [2.24, 2.45) is 11.3 Å². The molecule has 0 spiro atoms. The minimum atomic E-state index is -0.124. The van der Waals surface area contributed by atoms with E-state index in [4.69, 9.17) is 0 Å². The van der Waals surface area contributed by atoms with Crippen molar-refractivity contribution in [3.8, 4) is 0 Å². The zero-order chi connectivity index (χ0) is 14.0. The molecule has 2 aliphatic rings. The van der Waals surface area contributed by atoms with Crippen molar-refractivity contribution in [2.45, 2.75) is 58.6 Å². The Morgan fingerprint density at radius 1 is 1.26 bits per heavy atom. The Morgan fingerprint density at radius 3 is 2.58 bits per heavy atom. The number of rotatable bonds is 5. The minimum Gasteiger partial charge on any atom is -0.392 e. The minimum absolute atomic E-state index is 0.119. The van der Waals surface area contributed by atoms with Gasteiger partial charge in [0.1, 0.15) is 0 Å². The van der Waals surface area contributed by atoms with Crippen LogP contribution in [0.4, 0.5) is 0 Å². The Kier molecular flexibility index (Phi) is 4.91. The van der Waals surface area contributed by atoms with Gasteiger partial charge in [0.2, 0.25) is 0 Å². The van der Waals surface area contributed by atoms with Gasteiger partial charge in [0.25, 0.3) is 0 Å². The molecule has 0 aromatic heterocycles. The van der Waals surface area contributed by atoms with Crippen LogP contribution < -0.4 is 0 Å². The third-order valence-electron chi connectivity index (χ3n) is 5.38. The van der Waals surface area contributed by atoms with Crippen LogP contribution in [-0.2, 0) is 0 Å². The molecule has 0 aromatic rings. The van der Waals surface area contributed by atoms with Crippen LogP contribution in [0, 0.1) is 11.3 Å². The quantitative estimate of drug-likeness (QED) is 0.828. The maximum Gasteiger partial charge on any atom is 0.0631 e. The van der Waals surface area contributed by atoms with Crippen LogP contribution in [0.2, 0.25) is 0 Å². The van der Waals surface area contributed by atoms with Crippen LogP contribution in [0.25, 0.3) is 0 Å². The number of nitrogens with zero attached hydrogens (tertiary/aromatic N) is 2. The maximum atomic E-state index is 10.4. The summed E-state index contributed by atoms with van der Waals surface area (Å²) < 4.78 is 0. The summed E-state index contributed by atoms with van der Waals surface area (Å²) >= 11 is 0. The van der Waals surface area contributed by atoms with Crippen molar-refractivity contribution in [1.82, 2.24) is 9.80 Å². The van der Waals surface area contributed by atoms with E-state index < -0.39 is 0 Å². The van der Waals surface area contributed by atoms with Gasteiger partial charge in [-0.2, -0.15) is 0 Å². The summed E-state index contributed by atoms with van der Waals surface area (Å²) in [5.74, 6) is 0.469. The number of likely N-dealkylation sites (N-methyl/N-ethyl adjacent to an activating group) is 2. The molecule has 1 aliphatic heterocycles. The number of hydrogen-bond donors (Lipinski definition) is 1. The van der Waals surface area contributed by atoms with Crippen LogP contribution >= 0.6 is 0 Å². The van der Waals surface area contributed by atoms with Crippen LogP contribution in [-0.4, -0.2) is 60.3 Å². The molecular formula is C16H32N2O. The topological polar surface area (TPSA) is 26.7 Å². The lowest BCUT2D eigenvalue weighted by atomic mass is 9.87. The van der Waals surface area contributed by atoms with E-state index in [-0.39, 0.29) is 11.5 Å². The molecule has 3 atom stereocenters. The Morgan fingerprint density at radius 2 is 2.00 bits per heavy atom. The molecule has 3 nitrogen and oxygen atoms in total. The number of aliphatic hydroxyl groups is 1. The lowest BCUT2D eigenvalue weighted by Gasteiger charge is -2.31. The highest BCUT2D eigenvalue weighted by Gasteiger charge is 2.41. The van der Waals surface area contributed by atoms with Gasteiger partial charge < -0.3 is 10.0 Å². The van der Waals surface area contributed by atoms with Crippen molar-refractivity contribution < 1.29 is 5.11 Å². The van der Waals surface area contributed by atoms with E-state index in [1.165, 1.54) is 32.4 Å². The van der Waals surface area contributed by atoms with Gasteiger partial charge in [-0.15, -0.1) is 0 Å². The molecule has 0 amide bonds. The van der Waals surface area contributed by atoms with Crippen LogP contribution in [0.1, 0.15) is 46.5 Å². The molecular weight excluding hydrogens is 236 g/mol. The summed E-state index contributed by atoms with van der Waals surface area (Å²) in [5, 5.41) is 10.4. The van der Waals surface area contributed by atoms with E-state index in [1.54, 1.807) is 0 Å². The summed E-state index contributed by atoms with van der Waals surface area (Å²) in [4.78, 5) is 5.06. The fourth-order valence-corrected chi connectivity index (χ4v) is 4.05. The second-order valence-electron chi connectivity index (χ2n) is 7.38. The number of aliphatic hydroxyl groups excluding tert-OH is 1. The monoisotopic (exact) mass is 268 g/mol. The third-order valence-corrected chi connectivity index (χ3v) is 5.38. The lowest BCUT2D eigenvalue weighted by molar-refractivity contribution is 0.0332. The summed E-state index contributed by atoms with van der Waals surface area (Å²) in [7, 11) is 2.23. The third kappa shape index (κ3) is 3.50. The van der Waals surface area contributed by atoms with E-state index >= 15 is 0 Å². The van der Waals surface area contributed by atoms with Gasteiger partial charge in [0, 0.05) is 19.1 Å². The SMILES string of the molecule is CCN1CCCC1CN(C)CC1CCC(C)(C)C1O. The highest BCUT2D eigenvalue weighted by molar-refractivity contribution is 4.92. The Labute approximate surface area is 119 Å². The summed E-state index contributed by atoms with van der Waals surface area (Å²) in [6, 6.07) is 0.738. The molecule has 1 aliphatic carbocycles. The summed E-state index contributed by atoms with van der Waals surface area (Å²) in [5.41, 5.74) is 0.119. The molecule has 3 unspecified atom stereocenters. The zero-order valence-corrected chi connectivity index (χ0v) is 13.2.